The maximum Gasteiger partial charge on any atom is 0.276 e. The molecule has 0 aliphatic carbocycles. The third-order valence-electron chi connectivity index (χ3n) is 5.17. The number of ether oxygens (including phenoxy) is 2. The minimum absolute atomic E-state index is 0.0432. The second-order valence-corrected chi connectivity index (χ2v) is 7.90. The van der Waals surface area contributed by atoms with Crippen LogP contribution in [-0.4, -0.2) is 35.9 Å². The number of hydrogen-bond acceptors (Lipinski definition) is 4. The fourth-order valence-electron chi connectivity index (χ4n) is 3.75. The van der Waals surface area contributed by atoms with E-state index >= 15 is 0 Å². The van der Waals surface area contributed by atoms with Crippen molar-refractivity contribution in [3.63, 3.8) is 0 Å². The highest BCUT2D eigenvalue weighted by molar-refractivity contribution is 9.12. The molecule has 1 saturated heterocycles. The zero-order valence-electron chi connectivity index (χ0n) is 15.6. The van der Waals surface area contributed by atoms with E-state index in [0.29, 0.717) is 12.3 Å². The summed E-state index contributed by atoms with van der Waals surface area (Å²) in [6, 6.07) is 7.94. The number of nitrogens with zero attached hydrogens (tertiary/aromatic N) is 1. The first kappa shape index (κ1) is 19.4. The van der Waals surface area contributed by atoms with Crippen LogP contribution in [0.2, 0.25) is 0 Å². The van der Waals surface area contributed by atoms with Gasteiger partial charge >= 0.3 is 0 Å². The molecule has 1 unspecified atom stereocenters. The number of aromatic nitrogens is 1. The average molecular weight is 447 g/mol. The molecule has 1 aromatic heterocycles. The van der Waals surface area contributed by atoms with E-state index in [9.17, 15) is 9.59 Å². The first-order valence-electron chi connectivity index (χ1n) is 9.73. The van der Waals surface area contributed by atoms with Gasteiger partial charge in [0, 0.05) is 24.8 Å². The lowest BCUT2D eigenvalue weighted by atomic mass is 10.1. The smallest absolute Gasteiger partial charge is 0.276 e. The molecule has 1 aromatic carbocycles. The van der Waals surface area contributed by atoms with Crippen LogP contribution in [0.4, 0.5) is 0 Å². The van der Waals surface area contributed by atoms with Crippen molar-refractivity contribution in [3.8, 4) is 0 Å². The number of carbonyl (C=O) groups is 2. The molecule has 148 valence electrons. The van der Waals surface area contributed by atoms with E-state index in [1.165, 1.54) is 6.42 Å². The van der Waals surface area contributed by atoms with Crippen LogP contribution in [0.15, 0.2) is 34.9 Å². The van der Waals surface area contributed by atoms with Crippen LogP contribution in [0.3, 0.4) is 0 Å². The molecule has 1 N–H and O–H groups in total. The van der Waals surface area contributed by atoms with Gasteiger partial charge in [-0.1, -0.05) is 18.2 Å². The quantitative estimate of drug-likeness (QED) is 0.519. The summed E-state index contributed by atoms with van der Waals surface area (Å²) in [5, 5.41) is 3.43. The Morgan fingerprint density at radius 3 is 2.79 bits per heavy atom. The van der Waals surface area contributed by atoms with Crippen molar-refractivity contribution >= 4 is 44.3 Å². The molecule has 0 radical (unpaired) electrons. The summed E-state index contributed by atoms with van der Waals surface area (Å²) in [6.07, 6.45) is 8.01. The highest BCUT2D eigenvalue weighted by atomic mass is 79.9. The SMILES string of the molecule is O=C1NC(=O)C(n2cc(CCCCOC3CCCCO3)c3ccccc32)=C1Br. The van der Waals surface area contributed by atoms with Gasteiger partial charge in [0.15, 0.2) is 6.29 Å². The Labute approximate surface area is 172 Å². The highest BCUT2D eigenvalue weighted by Crippen LogP contribution is 2.30. The third-order valence-corrected chi connectivity index (χ3v) is 5.90. The number of carbonyl (C=O) groups excluding carboxylic acids is 2. The first-order chi connectivity index (χ1) is 13.6. The van der Waals surface area contributed by atoms with E-state index in [1.54, 1.807) is 4.57 Å². The number of aryl methyl sites for hydroxylation is 1. The van der Waals surface area contributed by atoms with E-state index in [-0.39, 0.29) is 16.7 Å². The number of imide groups is 1. The van der Waals surface area contributed by atoms with Gasteiger partial charge < -0.3 is 14.0 Å². The molecule has 1 fully saturated rings. The van der Waals surface area contributed by atoms with Crippen LogP contribution in [0.1, 0.15) is 37.7 Å². The van der Waals surface area contributed by atoms with Gasteiger partial charge in [-0.25, -0.2) is 0 Å². The van der Waals surface area contributed by atoms with Crippen molar-refractivity contribution < 1.29 is 19.1 Å². The van der Waals surface area contributed by atoms with Crippen LogP contribution in [0.5, 0.6) is 0 Å². The fourth-order valence-corrected chi connectivity index (χ4v) is 4.22. The number of benzene rings is 1. The van der Waals surface area contributed by atoms with Gasteiger partial charge in [-0.2, -0.15) is 0 Å². The van der Waals surface area contributed by atoms with Gasteiger partial charge in [0.25, 0.3) is 11.8 Å². The molecule has 1 atom stereocenters. The van der Waals surface area contributed by atoms with Crippen molar-refractivity contribution in [3.05, 3.63) is 40.5 Å². The first-order valence-corrected chi connectivity index (χ1v) is 10.5. The number of fused-ring (bicyclic) bond motifs is 1. The van der Waals surface area contributed by atoms with Crippen LogP contribution in [0.25, 0.3) is 16.6 Å². The summed E-state index contributed by atoms with van der Waals surface area (Å²) in [5.74, 6) is -0.786. The molecule has 7 heteroatoms. The van der Waals surface area contributed by atoms with Crippen molar-refractivity contribution in [1.82, 2.24) is 9.88 Å². The van der Waals surface area contributed by atoms with Crippen LogP contribution in [-0.2, 0) is 25.5 Å². The Morgan fingerprint density at radius 2 is 2.04 bits per heavy atom. The Bertz CT molecular complexity index is 928. The van der Waals surface area contributed by atoms with Gasteiger partial charge in [0.1, 0.15) is 10.2 Å². The predicted octanol–water partition coefficient (Wildman–Crippen LogP) is 3.73. The third kappa shape index (κ3) is 3.92. The number of hydrogen-bond donors (Lipinski definition) is 1. The molecular formula is C21H23BrN2O4. The van der Waals surface area contributed by atoms with Gasteiger partial charge in [0.2, 0.25) is 0 Å². The minimum Gasteiger partial charge on any atom is -0.353 e. The molecule has 2 aromatic rings. The van der Waals surface area contributed by atoms with Crippen molar-refractivity contribution in [2.75, 3.05) is 13.2 Å². The van der Waals surface area contributed by atoms with Gasteiger partial charge in [-0.05, 0) is 66.1 Å². The minimum atomic E-state index is -0.401. The fraction of sp³-hybridized carbons (Fsp3) is 0.429. The number of halogens is 1. The van der Waals surface area contributed by atoms with E-state index < -0.39 is 5.91 Å². The average Bonchev–Trinajstić information content (AvgIpc) is 3.19. The molecule has 2 amide bonds. The standard InChI is InChI=1S/C21H23BrN2O4/c22-18-19(21(26)23-20(18)25)24-13-14(15-8-1-2-9-16(15)24)7-3-5-11-27-17-10-4-6-12-28-17/h1-2,8-9,13,17H,3-7,10-12H2,(H,23,25,26). The zero-order chi connectivity index (χ0) is 19.5. The van der Waals surface area contributed by atoms with Crippen molar-refractivity contribution in [2.45, 2.75) is 44.8 Å². The molecule has 3 heterocycles. The second-order valence-electron chi connectivity index (χ2n) is 7.11. The van der Waals surface area contributed by atoms with Crippen LogP contribution < -0.4 is 5.32 Å². The van der Waals surface area contributed by atoms with E-state index in [4.69, 9.17) is 9.47 Å². The summed E-state index contributed by atoms with van der Waals surface area (Å²) in [5.41, 5.74) is 2.41. The lowest BCUT2D eigenvalue weighted by Crippen LogP contribution is -2.23. The Kier molecular flexibility index (Phi) is 5.94. The summed E-state index contributed by atoms with van der Waals surface area (Å²) in [7, 11) is 0. The molecule has 0 spiro atoms. The normalized spacial score (nSPS) is 20.2. The molecule has 4 rings (SSSR count). The van der Waals surface area contributed by atoms with Gasteiger partial charge in [0.05, 0.1) is 5.52 Å². The Morgan fingerprint density at radius 1 is 1.18 bits per heavy atom. The van der Waals surface area contributed by atoms with Crippen LogP contribution >= 0.6 is 15.9 Å². The molecule has 6 nitrogen and oxygen atoms in total. The summed E-state index contributed by atoms with van der Waals surface area (Å²) < 4.78 is 13.5. The largest absolute Gasteiger partial charge is 0.353 e. The molecule has 0 bridgehead atoms. The number of amides is 2. The number of nitrogens with one attached hydrogen (secondary N) is 1. The van der Waals surface area contributed by atoms with Gasteiger partial charge in [-0.15, -0.1) is 0 Å². The van der Waals surface area contributed by atoms with Gasteiger partial charge in [-0.3, -0.25) is 14.9 Å². The number of para-hydroxylation sites is 1. The zero-order valence-corrected chi connectivity index (χ0v) is 17.2. The molecule has 0 saturated carbocycles. The van der Waals surface area contributed by atoms with Crippen molar-refractivity contribution in [1.29, 1.82) is 0 Å². The second kappa shape index (κ2) is 8.59. The molecule has 28 heavy (non-hydrogen) atoms. The summed E-state index contributed by atoms with van der Waals surface area (Å²) in [4.78, 5) is 24.0. The van der Waals surface area contributed by atoms with E-state index in [0.717, 1.165) is 55.2 Å². The Balaban J connectivity index is 1.45. The summed E-state index contributed by atoms with van der Waals surface area (Å²) >= 11 is 3.25. The Hall–Kier alpha value is -1.96. The molecule has 2 aliphatic heterocycles. The number of rotatable bonds is 7. The summed E-state index contributed by atoms with van der Waals surface area (Å²) in [6.45, 7) is 1.49. The lowest BCUT2D eigenvalue weighted by molar-refractivity contribution is -0.162. The van der Waals surface area contributed by atoms with Crippen molar-refractivity contribution in [2.24, 2.45) is 0 Å². The maximum atomic E-state index is 12.2. The van der Waals surface area contributed by atoms with Crippen LogP contribution in [0, 0.1) is 0 Å². The van der Waals surface area contributed by atoms with E-state index in [1.807, 2.05) is 24.4 Å². The highest BCUT2D eigenvalue weighted by Gasteiger charge is 2.31. The molecule has 2 aliphatic rings. The topological polar surface area (TPSA) is 69.6 Å². The molecular weight excluding hydrogens is 424 g/mol. The number of unbranched alkanes of at least 4 members (excludes halogenated alkanes) is 1. The monoisotopic (exact) mass is 446 g/mol. The predicted molar refractivity (Wildman–Crippen MR) is 110 cm³/mol. The maximum absolute atomic E-state index is 12.2. The van der Waals surface area contributed by atoms with E-state index in [2.05, 4.69) is 27.3 Å². The lowest BCUT2D eigenvalue weighted by Gasteiger charge is -2.22.